The van der Waals surface area contributed by atoms with E-state index < -0.39 is 29.3 Å². The molecule has 4 aliphatic rings. The molecule has 0 aliphatic carbocycles. The third kappa shape index (κ3) is 3.23. The van der Waals surface area contributed by atoms with Crippen LogP contribution in [0.15, 0.2) is 60.8 Å². The summed E-state index contributed by atoms with van der Waals surface area (Å²) < 4.78 is 11.4. The van der Waals surface area contributed by atoms with Gasteiger partial charge in [-0.15, -0.1) is 0 Å². The van der Waals surface area contributed by atoms with Gasteiger partial charge in [0.05, 0.1) is 17.5 Å². The smallest absolute Gasteiger partial charge is 0.250 e. The summed E-state index contributed by atoms with van der Waals surface area (Å²) in [5.41, 5.74) is 4.39. The van der Waals surface area contributed by atoms with E-state index in [1.54, 1.807) is 18.2 Å². The summed E-state index contributed by atoms with van der Waals surface area (Å²) >= 11 is 0. The molecule has 5 heterocycles. The lowest BCUT2D eigenvalue weighted by Crippen LogP contribution is -2.53. The van der Waals surface area contributed by atoms with Gasteiger partial charge in [-0.2, -0.15) is 0 Å². The zero-order chi connectivity index (χ0) is 28.0. The Balaban J connectivity index is 1.28. The highest BCUT2D eigenvalue weighted by atomic mass is 16.6. The first-order chi connectivity index (χ1) is 19.9. The van der Waals surface area contributed by atoms with Gasteiger partial charge in [0.1, 0.15) is 18.8 Å². The number of anilines is 2. The molecule has 2 fully saturated rings. The Morgan fingerprint density at radius 3 is 2.61 bits per heavy atom. The summed E-state index contributed by atoms with van der Waals surface area (Å²) in [6.07, 6.45) is 2.41. The maximum absolute atomic E-state index is 14.4. The van der Waals surface area contributed by atoms with Crippen molar-refractivity contribution in [2.45, 2.75) is 31.8 Å². The molecule has 4 aromatic rings. The number of aromatic nitrogens is 1. The molecule has 0 bridgehead atoms. The number of rotatable bonds is 3. The van der Waals surface area contributed by atoms with Crippen LogP contribution in [0, 0.1) is 25.7 Å². The van der Waals surface area contributed by atoms with E-state index in [1.165, 1.54) is 4.90 Å². The Kier molecular flexibility index (Phi) is 4.98. The molecule has 4 aliphatic heterocycles. The predicted molar refractivity (Wildman–Crippen MR) is 152 cm³/mol. The fraction of sp³-hybridized carbons (Fsp3) is 0.281. The van der Waals surface area contributed by atoms with Crippen LogP contribution < -0.4 is 25.0 Å². The van der Waals surface area contributed by atoms with E-state index in [-0.39, 0.29) is 11.8 Å². The molecule has 0 radical (unpaired) electrons. The highest BCUT2D eigenvalue weighted by molar-refractivity contribution is 6.26. The number of aromatic amines is 1. The standard InChI is InChI=1S/C32H28N4O5/c1-16-11-17(2)28-21(12-16)32(31(39)34-28)27-26(23(35-32)13-18-15-33-22-6-4-3-5-20(18)22)29(37)36(30(27)38)19-7-8-24-25(14-19)41-10-9-40-24/h3-8,11-12,14-15,23,26-27,33,35H,9-10,13H2,1-2H3,(H,34,39)/t23-,26+,27-,32+/m0/s1. The number of nitrogens with one attached hydrogen (secondary N) is 3. The fourth-order valence-electron chi connectivity index (χ4n) is 7.40. The number of ether oxygens (including phenoxy) is 2. The lowest BCUT2D eigenvalue weighted by Gasteiger charge is -2.30. The average molecular weight is 549 g/mol. The van der Waals surface area contributed by atoms with E-state index in [4.69, 9.17) is 9.47 Å². The highest BCUT2D eigenvalue weighted by Gasteiger charge is 2.70. The van der Waals surface area contributed by atoms with Crippen LogP contribution in [0.4, 0.5) is 11.4 Å². The highest BCUT2D eigenvalue weighted by Crippen LogP contribution is 2.55. The summed E-state index contributed by atoms with van der Waals surface area (Å²) in [6, 6.07) is 16.6. The Labute approximate surface area is 235 Å². The van der Waals surface area contributed by atoms with Crippen molar-refractivity contribution in [3.63, 3.8) is 0 Å². The Hall–Kier alpha value is -4.63. The van der Waals surface area contributed by atoms with Crippen LogP contribution in [-0.4, -0.2) is 42.0 Å². The van der Waals surface area contributed by atoms with Crippen molar-refractivity contribution in [2.24, 2.45) is 11.8 Å². The van der Waals surface area contributed by atoms with E-state index >= 15 is 0 Å². The molecule has 1 aromatic heterocycles. The molecule has 41 heavy (non-hydrogen) atoms. The van der Waals surface area contributed by atoms with Gasteiger partial charge in [0, 0.05) is 40.5 Å². The summed E-state index contributed by atoms with van der Waals surface area (Å²) in [4.78, 5) is 47.3. The molecular formula is C32H28N4O5. The van der Waals surface area contributed by atoms with Gasteiger partial charge in [-0.1, -0.05) is 35.9 Å². The lowest BCUT2D eigenvalue weighted by molar-refractivity contribution is -0.130. The minimum Gasteiger partial charge on any atom is -0.486 e. The number of benzene rings is 3. The van der Waals surface area contributed by atoms with Crippen LogP contribution in [0.2, 0.25) is 0 Å². The molecule has 0 unspecified atom stereocenters. The summed E-state index contributed by atoms with van der Waals surface area (Å²) in [5.74, 6) is -1.62. The molecule has 2 saturated heterocycles. The van der Waals surface area contributed by atoms with Gasteiger partial charge in [-0.25, -0.2) is 4.90 Å². The number of aryl methyl sites for hydroxylation is 2. The number of fused-ring (bicyclic) bond motifs is 6. The second-order valence-corrected chi connectivity index (χ2v) is 11.4. The Bertz CT molecular complexity index is 1810. The first-order valence-corrected chi connectivity index (χ1v) is 13.9. The molecule has 1 spiro atoms. The normalized spacial score (nSPS) is 26.1. The number of nitrogens with zero attached hydrogens (tertiary/aromatic N) is 1. The van der Waals surface area contributed by atoms with Crippen molar-refractivity contribution in [3.8, 4) is 11.5 Å². The van der Waals surface area contributed by atoms with E-state index in [0.29, 0.717) is 42.5 Å². The largest absolute Gasteiger partial charge is 0.486 e. The van der Waals surface area contributed by atoms with Gasteiger partial charge in [0.25, 0.3) is 0 Å². The van der Waals surface area contributed by atoms with E-state index in [1.807, 2.05) is 56.4 Å². The number of imide groups is 1. The van der Waals surface area contributed by atoms with E-state index in [2.05, 4.69) is 15.6 Å². The summed E-state index contributed by atoms with van der Waals surface area (Å²) in [5, 5.41) is 7.68. The summed E-state index contributed by atoms with van der Waals surface area (Å²) in [7, 11) is 0. The second kappa shape index (κ2) is 8.44. The minimum atomic E-state index is -1.37. The average Bonchev–Trinajstić information content (AvgIpc) is 3.68. The SMILES string of the molecule is Cc1cc(C)c2c(c1)[C@]1(N[C@@H](Cc3c[nH]c4ccccc34)[C@H]3C(=O)N(c4ccc5c(c4)OCCO5)C(=O)[C@H]31)C(=O)N2. The molecule has 9 nitrogen and oxygen atoms in total. The van der Waals surface area contributed by atoms with Gasteiger partial charge in [-0.05, 0) is 49.6 Å². The molecule has 4 atom stereocenters. The molecule has 206 valence electrons. The maximum atomic E-state index is 14.4. The molecular weight excluding hydrogens is 520 g/mol. The minimum absolute atomic E-state index is 0.303. The monoisotopic (exact) mass is 548 g/mol. The quantitative estimate of drug-likeness (QED) is 0.337. The van der Waals surface area contributed by atoms with Crippen LogP contribution in [-0.2, 0) is 26.3 Å². The van der Waals surface area contributed by atoms with E-state index in [9.17, 15) is 14.4 Å². The maximum Gasteiger partial charge on any atom is 0.250 e. The Morgan fingerprint density at radius 2 is 1.76 bits per heavy atom. The van der Waals surface area contributed by atoms with Gasteiger partial charge in [0.2, 0.25) is 17.7 Å². The van der Waals surface area contributed by atoms with Crippen molar-refractivity contribution >= 4 is 40.0 Å². The van der Waals surface area contributed by atoms with Gasteiger partial charge >= 0.3 is 0 Å². The zero-order valence-corrected chi connectivity index (χ0v) is 22.6. The summed E-state index contributed by atoms with van der Waals surface area (Å²) in [6.45, 7) is 4.75. The number of para-hydroxylation sites is 1. The number of hydrogen-bond donors (Lipinski definition) is 3. The second-order valence-electron chi connectivity index (χ2n) is 11.4. The van der Waals surface area contributed by atoms with Gasteiger partial charge in [0.15, 0.2) is 11.5 Å². The third-order valence-electron chi connectivity index (χ3n) is 9.06. The molecule has 9 heteroatoms. The first-order valence-electron chi connectivity index (χ1n) is 13.9. The zero-order valence-electron chi connectivity index (χ0n) is 22.6. The van der Waals surface area contributed by atoms with Crippen molar-refractivity contribution in [1.82, 2.24) is 10.3 Å². The van der Waals surface area contributed by atoms with Crippen molar-refractivity contribution in [2.75, 3.05) is 23.4 Å². The molecule has 0 saturated carbocycles. The van der Waals surface area contributed by atoms with Gasteiger partial charge < -0.3 is 19.8 Å². The topological polar surface area (TPSA) is 113 Å². The number of amides is 3. The van der Waals surface area contributed by atoms with Crippen molar-refractivity contribution in [1.29, 1.82) is 0 Å². The predicted octanol–water partition coefficient (Wildman–Crippen LogP) is 3.72. The van der Waals surface area contributed by atoms with Crippen LogP contribution in [0.3, 0.4) is 0 Å². The number of carbonyl (C=O) groups is 3. The third-order valence-corrected chi connectivity index (χ3v) is 9.06. The van der Waals surface area contributed by atoms with Crippen LogP contribution in [0.25, 0.3) is 10.9 Å². The first kappa shape index (κ1) is 24.2. The van der Waals surface area contributed by atoms with Crippen molar-refractivity contribution < 1.29 is 23.9 Å². The van der Waals surface area contributed by atoms with Crippen LogP contribution >= 0.6 is 0 Å². The van der Waals surface area contributed by atoms with Crippen molar-refractivity contribution in [3.05, 3.63) is 83.0 Å². The van der Waals surface area contributed by atoms with Crippen LogP contribution in [0.5, 0.6) is 11.5 Å². The molecule has 8 rings (SSSR count). The lowest BCUT2D eigenvalue weighted by atomic mass is 9.75. The number of hydrogen-bond acceptors (Lipinski definition) is 6. The van der Waals surface area contributed by atoms with Gasteiger partial charge in [-0.3, -0.25) is 19.7 Å². The molecule has 3 N–H and O–H groups in total. The number of carbonyl (C=O) groups excluding carboxylic acids is 3. The molecule has 3 aromatic carbocycles. The van der Waals surface area contributed by atoms with Crippen LogP contribution in [0.1, 0.15) is 22.3 Å². The molecule has 3 amide bonds. The fourth-order valence-corrected chi connectivity index (χ4v) is 7.40. The Morgan fingerprint density at radius 1 is 0.951 bits per heavy atom. The van der Waals surface area contributed by atoms with E-state index in [0.717, 1.165) is 33.2 Å². The number of H-pyrrole nitrogens is 1.